The van der Waals surface area contributed by atoms with Gasteiger partial charge in [0.2, 0.25) is 5.82 Å². The SMILES string of the molecule is Cn1nnc(COc2ccc(C#CCO)c(F)c2)n1. The van der Waals surface area contributed by atoms with Crippen molar-refractivity contribution in [3.8, 4) is 17.6 Å². The van der Waals surface area contributed by atoms with Crippen LogP contribution >= 0.6 is 0 Å². The van der Waals surface area contributed by atoms with Crippen LogP contribution in [0.1, 0.15) is 11.4 Å². The molecule has 98 valence electrons. The standard InChI is InChI=1S/C12H11FN4O2/c1-17-15-12(14-16-17)8-19-10-5-4-9(3-2-6-18)11(13)7-10/h4-5,7,18H,6,8H2,1H3. The molecule has 0 aliphatic rings. The van der Waals surface area contributed by atoms with Gasteiger partial charge in [-0.05, 0) is 17.3 Å². The molecule has 0 saturated heterocycles. The van der Waals surface area contributed by atoms with Crippen LogP contribution in [0.15, 0.2) is 18.2 Å². The summed E-state index contributed by atoms with van der Waals surface area (Å²) in [6.07, 6.45) is 0. The summed E-state index contributed by atoms with van der Waals surface area (Å²) in [4.78, 5) is 1.31. The quantitative estimate of drug-likeness (QED) is 0.804. The molecule has 2 aromatic rings. The number of aromatic nitrogens is 4. The van der Waals surface area contributed by atoms with Crippen molar-refractivity contribution in [2.24, 2.45) is 7.05 Å². The third kappa shape index (κ3) is 3.50. The highest BCUT2D eigenvalue weighted by Gasteiger charge is 2.05. The van der Waals surface area contributed by atoms with Gasteiger partial charge in [-0.15, -0.1) is 10.2 Å². The van der Waals surface area contributed by atoms with Gasteiger partial charge in [-0.3, -0.25) is 0 Å². The molecule has 2 rings (SSSR count). The Kier molecular flexibility index (Phi) is 4.05. The first-order valence-corrected chi connectivity index (χ1v) is 5.44. The van der Waals surface area contributed by atoms with Gasteiger partial charge in [0.25, 0.3) is 0 Å². The summed E-state index contributed by atoms with van der Waals surface area (Å²) in [5.41, 5.74) is 0.207. The van der Waals surface area contributed by atoms with E-state index in [9.17, 15) is 4.39 Å². The van der Waals surface area contributed by atoms with Crippen LogP contribution in [0, 0.1) is 17.7 Å². The van der Waals surface area contributed by atoms with Crippen molar-refractivity contribution in [2.45, 2.75) is 6.61 Å². The molecule has 0 spiro atoms. The number of hydrogen-bond acceptors (Lipinski definition) is 5. The summed E-state index contributed by atoms with van der Waals surface area (Å²) < 4.78 is 18.9. The number of benzene rings is 1. The lowest BCUT2D eigenvalue weighted by molar-refractivity contribution is 0.294. The van der Waals surface area contributed by atoms with Crippen LogP contribution < -0.4 is 4.74 Å². The molecule has 1 N–H and O–H groups in total. The highest BCUT2D eigenvalue weighted by molar-refractivity contribution is 5.39. The largest absolute Gasteiger partial charge is 0.485 e. The van der Waals surface area contributed by atoms with E-state index in [1.165, 1.54) is 16.9 Å². The van der Waals surface area contributed by atoms with Crippen LogP contribution in [0.4, 0.5) is 4.39 Å². The molecule has 0 fully saturated rings. The van der Waals surface area contributed by atoms with E-state index in [4.69, 9.17) is 9.84 Å². The molecular formula is C12H11FN4O2. The number of aliphatic hydroxyl groups excluding tert-OH is 1. The second kappa shape index (κ2) is 5.93. The molecule has 0 bridgehead atoms. The zero-order valence-corrected chi connectivity index (χ0v) is 10.2. The highest BCUT2D eigenvalue weighted by atomic mass is 19.1. The molecule has 19 heavy (non-hydrogen) atoms. The van der Waals surface area contributed by atoms with Crippen molar-refractivity contribution in [3.05, 3.63) is 35.4 Å². The second-order valence-corrected chi connectivity index (χ2v) is 3.59. The maximum Gasteiger partial charge on any atom is 0.212 e. The Labute approximate surface area is 108 Å². The van der Waals surface area contributed by atoms with E-state index in [-0.39, 0.29) is 18.8 Å². The van der Waals surface area contributed by atoms with Crippen molar-refractivity contribution in [2.75, 3.05) is 6.61 Å². The number of aliphatic hydroxyl groups is 1. The number of tetrazole rings is 1. The Hall–Kier alpha value is -2.46. The molecule has 0 aliphatic heterocycles. The molecule has 7 heteroatoms. The van der Waals surface area contributed by atoms with E-state index in [1.807, 2.05) is 0 Å². The minimum Gasteiger partial charge on any atom is -0.485 e. The minimum atomic E-state index is -0.509. The van der Waals surface area contributed by atoms with Gasteiger partial charge in [0.15, 0.2) is 6.61 Å². The molecule has 6 nitrogen and oxygen atoms in total. The maximum atomic E-state index is 13.6. The molecule has 1 heterocycles. The predicted octanol–water partition coefficient (Wildman–Crippen LogP) is 0.272. The first kappa shape index (κ1) is 13.0. The van der Waals surface area contributed by atoms with Crippen molar-refractivity contribution >= 4 is 0 Å². The Morgan fingerprint density at radius 1 is 1.47 bits per heavy atom. The number of rotatable bonds is 3. The van der Waals surface area contributed by atoms with Gasteiger partial charge in [0, 0.05) is 6.07 Å². The van der Waals surface area contributed by atoms with Crippen molar-refractivity contribution < 1.29 is 14.2 Å². The van der Waals surface area contributed by atoms with E-state index >= 15 is 0 Å². The predicted molar refractivity (Wildman–Crippen MR) is 63.5 cm³/mol. The number of aryl methyl sites for hydroxylation is 1. The summed E-state index contributed by atoms with van der Waals surface area (Å²) in [5, 5.41) is 19.9. The third-order valence-electron chi connectivity index (χ3n) is 2.16. The van der Waals surface area contributed by atoms with E-state index < -0.39 is 5.82 Å². The first-order chi connectivity index (χ1) is 9.19. The second-order valence-electron chi connectivity index (χ2n) is 3.59. The van der Waals surface area contributed by atoms with Gasteiger partial charge < -0.3 is 9.84 Å². The summed E-state index contributed by atoms with van der Waals surface area (Å²) in [7, 11) is 1.64. The fourth-order valence-corrected chi connectivity index (χ4v) is 1.35. The molecule has 0 amide bonds. The average molecular weight is 262 g/mol. The Morgan fingerprint density at radius 3 is 2.95 bits per heavy atom. The molecule has 1 aromatic carbocycles. The molecule has 1 aromatic heterocycles. The maximum absolute atomic E-state index is 13.6. The smallest absolute Gasteiger partial charge is 0.212 e. The number of halogens is 1. The van der Waals surface area contributed by atoms with Gasteiger partial charge in [0.1, 0.15) is 18.2 Å². The summed E-state index contributed by atoms with van der Waals surface area (Å²) >= 11 is 0. The first-order valence-electron chi connectivity index (χ1n) is 5.44. The lowest BCUT2D eigenvalue weighted by Gasteiger charge is -2.04. The van der Waals surface area contributed by atoms with Gasteiger partial charge in [-0.1, -0.05) is 11.8 Å². The minimum absolute atomic E-state index is 0.106. The van der Waals surface area contributed by atoms with Crippen molar-refractivity contribution in [3.63, 3.8) is 0 Å². The third-order valence-corrected chi connectivity index (χ3v) is 2.16. The average Bonchev–Trinajstić information content (AvgIpc) is 2.81. The molecule has 0 radical (unpaired) electrons. The highest BCUT2D eigenvalue weighted by Crippen LogP contribution is 2.16. The van der Waals surface area contributed by atoms with E-state index in [0.717, 1.165) is 0 Å². The Balaban J connectivity index is 2.03. The summed E-state index contributed by atoms with van der Waals surface area (Å²) in [5.74, 6) is 5.12. The van der Waals surface area contributed by atoms with Crippen LogP contribution in [-0.2, 0) is 13.7 Å². The number of ether oxygens (including phenoxy) is 1. The fourth-order valence-electron chi connectivity index (χ4n) is 1.35. The number of nitrogens with zero attached hydrogens (tertiary/aromatic N) is 4. The van der Waals surface area contributed by atoms with Crippen molar-refractivity contribution in [1.82, 2.24) is 20.2 Å². The normalized spacial score (nSPS) is 9.84. The van der Waals surface area contributed by atoms with E-state index in [1.54, 1.807) is 13.1 Å². The Bertz CT molecular complexity index is 630. The van der Waals surface area contributed by atoms with E-state index in [0.29, 0.717) is 11.6 Å². The zero-order valence-electron chi connectivity index (χ0n) is 10.2. The van der Waals surface area contributed by atoms with Crippen LogP contribution in [-0.4, -0.2) is 31.9 Å². The van der Waals surface area contributed by atoms with E-state index in [2.05, 4.69) is 27.3 Å². The lowest BCUT2D eigenvalue weighted by Crippen LogP contribution is -1.99. The number of hydrogen-bond donors (Lipinski definition) is 1. The zero-order chi connectivity index (χ0) is 13.7. The topological polar surface area (TPSA) is 73.1 Å². The van der Waals surface area contributed by atoms with Crippen LogP contribution in [0.25, 0.3) is 0 Å². The van der Waals surface area contributed by atoms with Crippen molar-refractivity contribution in [1.29, 1.82) is 0 Å². The van der Waals surface area contributed by atoms with Crippen LogP contribution in [0.3, 0.4) is 0 Å². The van der Waals surface area contributed by atoms with Crippen LogP contribution in [0.2, 0.25) is 0 Å². The van der Waals surface area contributed by atoms with Gasteiger partial charge in [-0.25, -0.2) is 4.39 Å². The summed E-state index contributed by atoms with van der Waals surface area (Å²) in [6.45, 7) is -0.203. The molecule has 0 saturated carbocycles. The Morgan fingerprint density at radius 2 is 2.32 bits per heavy atom. The summed E-state index contributed by atoms with van der Waals surface area (Å²) in [6, 6.07) is 4.29. The molecule has 0 atom stereocenters. The fraction of sp³-hybridized carbons (Fsp3) is 0.250. The molecule has 0 unspecified atom stereocenters. The van der Waals surface area contributed by atoms with Gasteiger partial charge in [-0.2, -0.15) is 4.80 Å². The monoisotopic (exact) mass is 262 g/mol. The molecule has 0 aliphatic carbocycles. The van der Waals surface area contributed by atoms with Gasteiger partial charge in [0.05, 0.1) is 12.6 Å². The van der Waals surface area contributed by atoms with Crippen LogP contribution in [0.5, 0.6) is 5.75 Å². The molecular weight excluding hydrogens is 251 g/mol. The lowest BCUT2D eigenvalue weighted by atomic mass is 10.2. The van der Waals surface area contributed by atoms with Gasteiger partial charge >= 0.3 is 0 Å².